The lowest BCUT2D eigenvalue weighted by molar-refractivity contribution is -0.113. The number of hydrogen-bond donors (Lipinski definition) is 1. The summed E-state index contributed by atoms with van der Waals surface area (Å²) in [5.41, 5.74) is 3.00. The third kappa shape index (κ3) is 3.85. The van der Waals surface area contributed by atoms with Crippen molar-refractivity contribution in [3.05, 3.63) is 52.5 Å². The van der Waals surface area contributed by atoms with Crippen molar-refractivity contribution >= 4 is 11.5 Å². The van der Waals surface area contributed by atoms with Gasteiger partial charge in [0, 0.05) is 43.6 Å². The number of nitrogens with zero attached hydrogens (tertiary/aromatic N) is 5. The molecule has 0 amide bonds. The number of hydrogen-bond acceptors (Lipinski definition) is 8. The van der Waals surface area contributed by atoms with E-state index in [1.54, 1.807) is 12.3 Å². The zero-order chi connectivity index (χ0) is 20.4. The molecule has 3 aliphatic rings. The Balaban J connectivity index is 1.48. The predicted molar refractivity (Wildman–Crippen MR) is 109 cm³/mol. The number of hydrazine groups is 1. The monoisotopic (exact) mass is 395 g/mol. The summed E-state index contributed by atoms with van der Waals surface area (Å²) in [6.45, 7) is 0.670. The second-order valence-electron chi connectivity index (χ2n) is 7.77. The number of pyridine rings is 1. The Labute approximate surface area is 169 Å². The van der Waals surface area contributed by atoms with Gasteiger partial charge < -0.3 is 10.1 Å². The number of aromatic nitrogens is 1. The van der Waals surface area contributed by atoms with Crippen LogP contribution in [0.2, 0.25) is 0 Å². The molecule has 152 valence electrons. The molecule has 1 aromatic heterocycles. The minimum atomic E-state index is -0.0753. The number of nitroso groups, excluding NO2 is 1. The van der Waals surface area contributed by atoms with Crippen LogP contribution in [0.5, 0.6) is 5.75 Å². The van der Waals surface area contributed by atoms with Crippen LogP contribution in [0, 0.1) is 4.91 Å². The highest BCUT2D eigenvalue weighted by Crippen LogP contribution is 2.39. The van der Waals surface area contributed by atoms with Crippen molar-refractivity contribution in [2.24, 2.45) is 10.2 Å². The largest absolute Gasteiger partial charge is 0.506 e. The summed E-state index contributed by atoms with van der Waals surface area (Å²) >= 11 is 0. The summed E-state index contributed by atoms with van der Waals surface area (Å²) in [4.78, 5) is 31.6. The second kappa shape index (κ2) is 8.24. The normalized spacial score (nSPS) is 21.4. The smallest absolute Gasteiger partial charge is 0.181 e. The van der Waals surface area contributed by atoms with Gasteiger partial charge in [-0.05, 0) is 37.0 Å². The SMILES string of the molecule is CN1C2C=CN=C(C(=O)CCCN=O)C2=CN1Cc1cnc(C2CCC2)c(O)c1. The molecule has 0 bridgehead atoms. The molecule has 4 rings (SSSR count). The minimum absolute atomic E-state index is 0.0635. The number of carbonyl (C=O) groups excluding carboxylic acids is 1. The first kappa shape index (κ1) is 19.4. The van der Waals surface area contributed by atoms with Gasteiger partial charge in [-0.15, -0.1) is 0 Å². The Morgan fingerprint density at radius 1 is 1.38 bits per heavy atom. The number of rotatable bonds is 8. The summed E-state index contributed by atoms with van der Waals surface area (Å²) < 4.78 is 0. The highest BCUT2D eigenvalue weighted by molar-refractivity contribution is 6.46. The van der Waals surface area contributed by atoms with Gasteiger partial charge >= 0.3 is 0 Å². The maximum atomic E-state index is 12.5. The van der Waals surface area contributed by atoms with E-state index >= 15 is 0 Å². The number of Topliss-reactive ketones (excluding diaryl/α,β-unsaturated/α-hetero) is 1. The van der Waals surface area contributed by atoms with Crippen molar-refractivity contribution in [1.29, 1.82) is 0 Å². The van der Waals surface area contributed by atoms with E-state index in [-0.39, 0.29) is 30.5 Å². The Bertz CT molecular complexity index is 904. The molecule has 1 N–H and O–H groups in total. The fourth-order valence-corrected chi connectivity index (χ4v) is 3.98. The van der Waals surface area contributed by atoms with Crippen LogP contribution in [-0.4, -0.2) is 51.2 Å². The summed E-state index contributed by atoms with van der Waals surface area (Å²) in [5, 5.41) is 17.2. The first-order chi connectivity index (χ1) is 14.1. The first-order valence-electron chi connectivity index (χ1n) is 10.0. The topological polar surface area (TPSA) is 98.5 Å². The van der Waals surface area contributed by atoms with E-state index < -0.39 is 0 Å². The molecule has 3 heterocycles. The van der Waals surface area contributed by atoms with E-state index in [1.807, 2.05) is 35.5 Å². The standard InChI is InChI=1S/C21H25N5O3/c1-25-17-7-9-22-21(18(27)6-3-8-24-29)16(17)13-26(25)12-14-10-19(28)20(23-11-14)15-4-2-5-15/h7,9-11,13,15,17,28H,2-6,8,12H2,1H3. The third-order valence-corrected chi connectivity index (χ3v) is 5.87. The van der Waals surface area contributed by atoms with E-state index in [2.05, 4.69) is 15.2 Å². The second-order valence-corrected chi connectivity index (χ2v) is 7.77. The molecule has 8 heteroatoms. The molecule has 1 saturated carbocycles. The predicted octanol–water partition coefficient (Wildman–Crippen LogP) is 3.05. The molecule has 29 heavy (non-hydrogen) atoms. The fraction of sp³-hybridized carbons (Fsp3) is 0.476. The van der Waals surface area contributed by atoms with E-state index in [4.69, 9.17) is 0 Å². The lowest BCUT2D eigenvalue weighted by Crippen LogP contribution is -2.39. The highest BCUT2D eigenvalue weighted by Gasteiger charge is 2.35. The van der Waals surface area contributed by atoms with Crippen LogP contribution < -0.4 is 0 Å². The van der Waals surface area contributed by atoms with Crippen LogP contribution in [0.1, 0.15) is 49.3 Å². The zero-order valence-corrected chi connectivity index (χ0v) is 16.5. The van der Waals surface area contributed by atoms with Crippen molar-refractivity contribution in [3.63, 3.8) is 0 Å². The van der Waals surface area contributed by atoms with Gasteiger partial charge in [-0.2, -0.15) is 4.91 Å². The number of ketones is 1. The van der Waals surface area contributed by atoms with Crippen LogP contribution in [0.4, 0.5) is 0 Å². The Morgan fingerprint density at radius 3 is 2.90 bits per heavy atom. The van der Waals surface area contributed by atoms with Crippen LogP contribution in [0.15, 0.2) is 46.5 Å². The van der Waals surface area contributed by atoms with E-state index in [1.165, 1.54) is 6.42 Å². The lowest BCUT2D eigenvalue weighted by Gasteiger charge is -2.30. The van der Waals surface area contributed by atoms with Gasteiger partial charge in [0.1, 0.15) is 11.5 Å². The molecule has 1 aliphatic carbocycles. The molecule has 1 unspecified atom stereocenters. The summed E-state index contributed by atoms with van der Waals surface area (Å²) in [7, 11) is 1.96. The average Bonchev–Trinajstić information content (AvgIpc) is 2.98. The summed E-state index contributed by atoms with van der Waals surface area (Å²) in [6.07, 6.45) is 11.4. The summed E-state index contributed by atoms with van der Waals surface area (Å²) in [6, 6.07) is 1.73. The molecule has 0 saturated heterocycles. The molecular formula is C21H25N5O3. The van der Waals surface area contributed by atoms with Crippen molar-refractivity contribution in [1.82, 2.24) is 15.0 Å². The highest BCUT2D eigenvalue weighted by atomic mass is 16.3. The minimum Gasteiger partial charge on any atom is -0.506 e. The third-order valence-electron chi connectivity index (χ3n) is 5.87. The van der Waals surface area contributed by atoms with Gasteiger partial charge in [0.25, 0.3) is 0 Å². The Morgan fingerprint density at radius 2 is 2.21 bits per heavy atom. The van der Waals surface area contributed by atoms with E-state index in [0.717, 1.165) is 29.7 Å². The molecule has 1 fully saturated rings. The molecule has 0 aromatic carbocycles. The molecule has 8 nitrogen and oxygen atoms in total. The maximum Gasteiger partial charge on any atom is 0.181 e. The number of carbonyl (C=O) groups is 1. The molecular weight excluding hydrogens is 370 g/mol. The molecule has 0 spiro atoms. The Kier molecular flexibility index (Phi) is 5.53. The van der Waals surface area contributed by atoms with Gasteiger partial charge in [-0.3, -0.25) is 14.8 Å². The van der Waals surface area contributed by atoms with Gasteiger partial charge in [-0.25, -0.2) is 5.01 Å². The first-order valence-corrected chi connectivity index (χ1v) is 10.0. The average molecular weight is 395 g/mol. The maximum absolute atomic E-state index is 12.5. The van der Waals surface area contributed by atoms with Crippen molar-refractivity contribution in [2.45, 2.75) is 50.6 Å². The zero-order valence-electron chi connectivity index (χ0n) is 16.5. The van der Waals surface area contributed by atoms with Gasteiger partial charge in [0.05, 0.1) is 24.8 Å². The number of fused-ring (bicyclic) bond motifs is 1. The van der Waals surface area contributed by atoms with Crippen LogP contribution in [0.25, 0.3) is 0 Å². The fourth-order valence-electron chi connectivity index (χ4n) is 3.98. The van der Waals surface area contributed by atoms with Crippen LogP contribution >= 0.6 is 0 Å². The van der Waals surface area contributed by atoms with Gasteiger partial charge in [0.2, 0.25) is 0 Å². The van der Waals surface area contributed by atoms with E-state index in [9.17, 15) is 14.8 Å². The molecule has 2 aliphatic heterocycles. The van der Waals surface area contributed by atoms with Crippen LogP contribution in [0.3, 0.4) is 0 Å². The Hall–Kier alpha value is -2.87. The quantitative estimate of drug-likeness (QED) is 0.537. The number of aliphatic imine (C=N–C) groups is 1. The lowest BCUT2D eigenvalue weighted by atomic mass is 9.82. The van der Waals surface area contributed by atoms with Gasteiger partial charge in [0.15, 0.2) is 5.78 Å². The van der Waals surface area contributed by atoms with Crippen molar-refractivity contribution in [2.75, 3.05) is 13.6 Å². The van der Waals surface area contributed by atoms with E-state index in [0.29, 0.717) is 24.6 Å². The number of aromatic hydroxyl groups is 1. The van der Waals surface area contributed by atoms with Crippen molar-refractivity contribution < 1.29 is 9.90 Å². The molecule has 1 aromatic rings. The van der Waals surface area contributed by atoms with Crippen LogP contribution in [-0.2, 0) is 11.3 Å². The molecule has 1 atom stereocenters. The van der Waals surface area contributed by atoms with Crippen molar-refractivity contribution in [3.8, 4) is 5.75 Å². The van der Waals surface area contributed by atoms with Gasteiger partial charge in [-0.1, -0.05) is 11.6 Å². The number of likely N-dealkylation sites (N-methyl/N-ethyl adjacent to an activating group) is 1. The summed E-state index contributed by atoms with van der Waals surface area (Å²) in [5.74, 6) is 0.571. The molecule has 0 radical (unpaired) electrons.